The lowest BCUT2D eigenvalue weighted by atomic mass is 10.0. The van der Waals surface area contributed by atoms with E-state index in [2.05, 4.69) is 4.98 Å². The predicted octanol–water partition coefficient (Wildman–Crippen LogP) is 3.85. The van der Waals surface area contributed by atoms with Gasteiger partial charge in [0.25, 0.3) is 0 Å². The predicted molar refractivity (Wildman–Crippen MR) is 59.4 cm³/mol. The number of rotatable bonds is 1. The molecule has 0 radical (unpaired) electrons. The van der Waals surface area contributed by atoms with Crippen LogP contribution < -0.4 is 0 Å². The molecule has 0 saturated carbocycles. The van der Waals surface area contributed by atoms with E-state index in [0.29, 0.717) is 5.56 Å². The van der Waals surface area contributed by atoms with Crippen LogP contribution in [-0.4, -0.2) is 4.98 Å². The summed E-state index contributed by atoms with van der Waals surface area (Å²) in [5.74, 6) is -0.393. The molecule has 0 aliphatic carbocycles. The third-order valence-electron chi connectivity index (χ3n) is 2.25. The standard InChI is InChI=1S/C12H9ClFN/c1-8-9(5-3-7-15-8)10-4-2-6-11(13)12(10)14/h2-7H,1H3. The Balaban J connectivity index is 2.65. The highest BCUT2D eigenvalue weighted by Crippen LogP contribution is 2.28. The summed E-state index contributed by atoms with van der Waals surface area (Å²) in [4.78, 5) is 4.12. The first kappa shape index (κ1) is 10.1. The molecule has 3 heteroatoms. The molecule has 0 aliphatic heterocycles. The van der Waals surface area contributed by atoms with E-state index in [9.17, 15) is 4.39 Å². The van der Waals surface area contributed by atoms with Crippen LogP contribution in [0.15, 0.2) is 36.5 Å². The van der Waals surface area contributed by atoms with Crippen molar-refractivity contribution in [2.45, 2.75) is 6.92 Å². The summed E-state index contributed by atoms with van der Waals surface area (Å²) in [6, 6.07) is 8.57. The topological polar surface area (TPSA) is 12.9 Å². The Labute approximate surface area is 92.5 Å². The Morgan fingerprint density at radius 2 is 1.87 bits per heavy atom. The Bertz CT molecular complexity index is 497. The van der Waals surface area contributed by atoms with Gasteiger partial charge in [0.1, 0.15) is 5.82 Å². The molecule has 0 amide bonds. The zero-order valence-electron chi connectivity index (χ0n) is 8.17. The maximum Gasteiger partial charge on any atom is 0.149 e. The van der Waals surface area contributed by atoms with Crippen LogP contribution in [0.25, 0.3) is 11.1 Å². The van der Waals surface area contributed by atoms with Crippen LogP contribution in [0.2, 0.25) is 5.02 Å². The van der Waals surface area contributed by atoms with E-state index in [0.717, 1.165) is 11.3 Å². The van der Waals surface area contributed by atoms with Crippen LogP contribution in [0.5, 0.6) is 0 Å². The van der Waals surface area contributed by atoms with Crippen molar-refractivity contribution in [1.82, 2.24) is 4.98 Å². The van der Waals surface area contributed by atoms with Gasteiger partial charge in [0, 0.05) is 23.0 Å². The molecule has 0 spiro atoms. The van der Waals surface area contributed by atoms with Crippen molar-refractivity contribution in [2.24, 2.45) is 0 Å². The monoisotopic (exact) mass is 221 g/mol. The molecule has 0 fully saturated rings. The first-order valence-electron chi connectivity index (χ1n) is 4.56. The minimum atomic E-state index is -0.393. The largest absolute Gasteiger partial charge is 0.261 e. The molecule has 2 rings (SSSR count). The lowest BCUT2D eigenvalue weighted by Gasteiger charge is -2.06. The van der Waals surface area contributed by atoms with Gasteiger partial charge in [-0.05, 0) is 19.1 Å². The first-order chi connectivity index (χ1) is 7.20. The molecule has 76 valence electrons. The smallest absolute Gasteiger partial charge is 0.149 e. The zero-order valence-corrected chi connectivity index (χ0v) is 8.92. The van der Waals surface area contributed by atoms with Crippen molar-refractivity contribution in [3.63, 3.8) is 0 Å². The van der Waals surface area contributed by atoms with Gasteiger partial charge in [0.2, 0.25) is 0 Å². The number of aromatic nitrogens is 1. The van der Waals surface area contributed by atoms with E-state index in [1.165, 1.54) is 6.07 Å². The minimum Gasteiger partial charge on any atom is -0.261 e. The first-order valence-corrected chi connectivity index (χ1v) is 4.94. The van der Waals surface area contributed by atoms with Crippen molar-refractivity contribution in [2.75, 3.05) is 0 Å². The molecule has 1 aromatic heterocycles. The zero-order chi connectivity index (χ0) is 10.8. The van der Waals surface area contributed by atoms with Gasteiger partial charge >= 0.3 is 0 Å². The highest BCUT2D eigenvalue weighted by atomic mass is 35.5. The van der Waals surface area contributed by atoms with Crippen LogP contribution in [0.4, 0.5) is 4.39 Å². The molecule has 15 heavy (non-hydrogen) atoms. The lowest BCUT2D eigenvalue weighted by Crippen LogP contribution is -1.90. The van der Waals surface area contributed by atoms with Crippen molar-refractivity contribution < 1.29 is 4.39 Å². The van der Waals surface area contributed by atoms with E-state index >= 15 is 0 Å². The molecule has 0 unspecified atom stereocenters. The molecule has 1 heterocycles. The summed E-state index contributed by atoms with van der Waals surface area (Å²) in [5.41, 5.74) is 2.06. The third-order valence-corrected chi connectivity index (χ3v) is 2.54. The van der Waals surface area contributed by atoms with E-state index in [4.69, 9.17) is 11.6 Å². The second-order valence-corrected chi connectivity index (χ2v) is 3.64. The van der Waals surface area contributed by atoms with Gasteiger partial charge in [-0.2, -0.15) is 0 Å². The van der Waals surface area contributed by atoms with Crippen LogP contribution in [0.1, 0.15) is 5.69 Å². The van der Waals surface area contributed by atoms with E-state index in [1.807, 2.05) is 13.0 Å². The number of pyridine rings is 1. The number of halogens is 2. The number of hydrogen-bond acceptors (Lipinski definition) is 1. The second-order valence-electron chi connectivity index (χ2n) is 3.24. The Kier molecular flexibility index (Phi) is 2.69. The van der Waals surface area contributed by atoms with Crippen molar-refractivity contribution >= 4 is 11.6 Å². The molecule has 2 aromatic rings. The highest BCUT2D eigenvalue weighted by molar-refractivity contribution is 6.31. The van der Waals surface area contributed by atoms with Crippen LogP contribution in [-0.2, 0) is 0 Å². The van der Waals surface area contributed by atoms with Gasteiger partial charge in [-0.25, -0.2) is 4.39 Å². The number of hydrogen-bond donors (Lipinski definition) is 0. The van der Waals surface area contributed by atoms with Crippen molar-refractivity contribution in [1.29, 1.82) is 0 Å². The Morgan fingerprint density at radius 3 is 2.60 bits per heavy atom. The molecule has 0 bridgehead atoms. The Morgan fingerprint density at radius 1 is 1.13 bits per heavy atom. The summed E-state index contributed by atoms with van der Waals surface area (Å²) >= 11 is 5.72. The van der Waals surface area contributed by atoms with Gasteiger partial charge in [0.05, 0.1) is 5.02 Å². The van der Waals surface area contributed by atoms with Gasteiger partial charge in [-0.15, -0.1) is 0 Å². The SMILES string of the molecule is Cc1ncccc1-c1cccc(Cl)c1F. The highest BCUT2D eigenvalue weighted by Gasteiger charge is 2.10. The molecule has 0 saturated heterocycles. The molecule has 0 N–H and O–H groups in total. The van der Waals surface area contributed by atoms with Gasteiger partial charge in [-0.1, -0.05) is 29.8 Å². The maximum absolute atomic E-state index is 13.7. The average Bonchev–Trinajstić information content (AvgIpc) is 2.23. The van der Waals surface area contributed by atoms with E-state index in [-0.39, 0.29) is 5.02 Å². The summed E-state index contributed by atoms with van der Waals surface area (Å²) in [5, 5.41) is 0.135. The number of aryl methyl sites for hydroxylation is 1. The lowest BCUT2D eigenvalue weighted by molar-refractivity contribution is 0.631. The molecule has 0 atom stereocenters. The molecule has 1 nitrogen and oxygen atoms in total. The van der Waals surface area contributed by atoms with Crippen molar-refractivity contribution in [3.8, 4) is 11.1 Å². The fourth-order valence-electron chi connectivity index (χ4n) is 1.48. The number of nitrogens with zero attached hydrogens (tertiary/aromatic N) is 1. The Hall–Kier alpha value is -1.41. The molecular formula is C12H9ClFN. The van der Waals surface area contributed by atoms with Crippen LogP contribution in [0.3, 0.4) is 0 Å². The van der Waals surface area contributed by atoms with E-state index in [1.54, 1.807) is 24.4 Å². The molecular weight excluding hydrogens is 213 g/mol. The summed E-state index contributed by atoms with van der Waals surface area (Å²) in [6.07, 6.45) is 1.68. The molecule has 1 aromatic carbocycles. The average molecular weight is 222 g/mol. The molecule has 0 aliphatic rings. The second kappa shape index (κ2) is 3.99. The van der Waals surface area contributed by atoms with Crippen molar-refractivity contribution in [3.05, 3.63) is 53.1 Å². The van der Waals surface area contributed by atoms with Gasteiger partial charge in [-0.3, -0.25) is 4.98 Å². The van der Waals surface area contributed by atoms with Gasteiger partial charge < -0.3 is 0 Å². The maximum atomic E-state index is 13.7. The fourth-order valence-corrected chi connectivity index (χ4v) is 1.66. The van der Waals surface area contributed by atoms with E-state index < -0.39 is 5.82 Å². The summed E-state index contributed by atoms with van der Waals surface area (Å²) in [7, 11) is 0. The normalized spacial score (nSPS) is 10.3. The summed E-state index contributed by atoms with van der Waals surface area (Å²) in [6.45, 7) is 1.84. The van der Waals surface area contributed by atoms with Crippen LogP contribution >= 0.6 is 11.6 Å². The fraction of sp³-hybridized carbons (Fsp3) is 0.0833. The number of benzene rings is 1. The van der Waals surface area contributed by atoms with Crippen LogP contribution in [0, 0.1) is 12.7 Å². The summed E-state index contributed by atoms with van der Waals surface area (Å²) < 4.78 is 13.7. The quantitative estimate of drug-likeness (QED) is 0.713. The third kappa shape index (κ3) is 1.85. The van der Waals surface area contributed by atoms with Gasteiger partial charge in [0.15, 0.2) is 0 Å². The minimum absolute atomic E-state index is 0.135.